The molecule has 1 amide bonds. The minimum absolute atomic E-state index is 0.237. The van der Waals surface area contributed by atoms with E-state index in [0.29, 0.717) is 24.5 Å². The van der Waals surface area contributed by atoms with E-state index in [-0.39, 0.29) is 11.9 Å². The van der Waals surface area contributed by atoms with Gasteiger partial charge in [-0.1, -0.05) is 36.8 Å². The van der Waals surface area contributed by atoms with Crippen LogP contribution in [0.1, 0.15) is 44.4 Å². The summed E-state index contributed by atoms with van der Waals surface area (Å²) >= 11 is 0. The molecular weight excluding hydrogens is 388 g/mol. The summed E-state index contributed by atoms with van der Waals surface area (Å²) in [7, 11) is -3.67. The number of hydrogen-bond acceptors (Lipinski definition) is 4. The number of benzene rings is 2. The van der Waals surface area contributed by atoms with Gasteiger partial charge in [0.25, 0.3) is 0 Å². The van der Waals surface area contributed by atoms with E-state index in [1.165, 1.54) is 4.31 Å². The van der Waals surface area contributed by atoms with Crippen LogP contribution in [-0.4, -0.2) is 33.2 Å². The van der Waals surface area contributed by atoms with Crippen LogP contribution in [0.25, 0.3) is 0 Å². The summed E-state index contributed by atoms with van der Waals surface area (Å²) in [5.41, 5.74) is 2.53. The van der Waals surface area contributed by atoms with Gasteiger partial charge in [-0.2, -0.15) is 0 Å². The summed E-state index contributed by atoms with van der Waals surface area (Å²) in [6.45, 7) is 8.08. The summed E-state index contributed by atoms with van der Waals surface area (Å²) in [6, 6.07) is 13.5. The van der Waals surface area contributed by atoms with Gasteiger partial charge >= 0.3 is 0 Å². The number of nitrogens with one attached hydrogen (secondary N) is 1. The summed E-state index contributed by atoms with van der Waals surface area (Å²) < 4.78 is 31.7. The van der Waals surface area contributed by atoms with Crippen molar-refractivity contribution < 1.29 is 17.9 Å². The lowest BCUT2D eigenvalue weighted by molar-refractivity contribution is -0.122. The number of amides is 1. The van der Waals surface area contributed by atoms with E-state index in [2.05, 4.69) is 5.32 Å². The quantitative estimate of drug-likeness (QED) is 0.672. The minimum atomic E-state index is -3.67. The van der Waals surface area contributed by atoms with Crippen molar-refractivity contribution in [3.8, 4) is 5.75 Å². The Bertz CT molecular complexity index is 909. The van der Waals surface area contributed by atoms with Crippen LogP contribution in [0.15, 0.2) is 48.5 Å². The largest absolute Gasteiger partial charge is 0.494 e. The summed E-state index contributed by atoms with van der Waals surface area (Å²) in [6.07, 6.45) is 1.45. The molecule has 2 rings (SSSR count). The number of carbonyl (C=O) groups excluding carboxylic acids is 1. The van der Waals surface area contributed by atoms with Crippen molar-refractivity contribution in [1.82, 2.24) is 5.32 Å². The fourth-order valence-corrected chi connectivity index (χ4v) is 4.38. The van der Waals surface area contributed by atoms with Crippen molar-refractivity contribution in [3.63, 3.8) is 0 Å². The number of anilines is 1. The van der Waals surface area contributed by atoms with Gasteiger partial charge in [-0.05, 0) is 57.0 Å². The molecule has 6 nitrogen and oxygen atoms in total. The predicted molar refractivity (Wildman–Crippen MR) is 117 cm³/mol. The number of carbonyl (C=O) groups is 1. The molecule has 0 bridgehead atoms. The zero-order valence-electron chi connectivity index (χ0n) is 17.7. The Morgan fingerprint density at radius 2 is 1.66 bits per heavy atom. The zero-order chi connectivity index (χ0) is 21.6. The summed E-state index contributed by atoms with van der Waals surface area (Å²) in [5, 5.41) is 2.95. The Balaban J connectivity index is 2.27. The molecule has 0 radical (unpaired) electrons. The molecule has 0 spiro atoms. The lowest BCUT2D eigenvalue weighted by Gasteiger charge is -2.31. The fraction of sp³-hybridized carbons (Fsp3) is 0.409. The maximum Gasteiger partial charge on any atom is 0.244 e. The number of hydrogen-bond donors (Lipinski definition) is 1. The van der Waals surface area contributed by atoms with Gasteiger partial charge in [0.2, 0.25) is 15.9 Å². The van der Waals surface area contributed by atoms with E-state index in [1.807, 2.05) is 45.0 Å². The monoisotopic (exact) mass is 418 g/mol. The molecule has 0 aliphatic heterocycles. The van der Waals surface area contributed by atoms with Crippen LogP contribution in [0, 0.1) is 6.92 Å². The molecule has 0 aromatic heterocycles. The van der Waals surface area contributed by atoms with Gasteiger partial charge in [0.15, 0.2) is 0 Å². The normalized spacial score (nSPS) is 13.4. The highest BCUT2D eigenvalue weighted by Gasteiger charge is 2.32. The van der Waals surface area contributed by atoms with Gasteiger partial charge in [-0.3, -0.25) is 9.10 Å². The van der Waals surface area contributed by atoms with Crippen molar-refractivity contribution in [2.45, 2.75) is 46.2 Å². The summed E-state index contributed by atoms with van der Waals surface area (Å²) in [5.74, 6) is 0.315. The standard InChI is InChI=1S/C22H30N2O4S/c1-6-21(22(25)23-17(4)18-10-8-16(3)9-11-18)24(29(5,26)27)19-12-14-20(15-13-19)28-7-2/h8-15,17,21H,6-7H2,1-5H3,(H,23,25)/t17-,21+/m0/s1. The number of nitrogens with zero attached hydrogens (tertiary/aromatic N) is 1. The van der Waals surface area contributed by atoms with E-state index in [9.17, 15) is 13.2 Å². The van der Waals surface area contributed by atoms with Crippen LogP contribution in [-0.2, 0) is 14.8 Å². The third-order valence-electron chi connectivity index (χ3n) is 4.67. The highest BCUT2D eigenvalue weighted by Crippen LogP contribution is 2.26. The number of aryl methyl sites for hydroxylation is 1. The van der Waals surface area contributed by atoms with Crippen molar-refractivity contribution in [2.75, 3.05) is 17.2 Å². The van der Waals surface area contributed by atoms with Crippen molar-refractivity contribution in [1.29, 1.82) is 0 Å². The average molecular weight is 419 g/mol. The lowest BCUT2D eigenvalue weighted by atomic mass is 10.1. The Morgan fingerprint density at radius 1 is 1.07 bits per heavy atom. The first-order valence-corrected chi connectivity index (χ1v) is 11.6. The maximum atomic E-state index is 13.0. The van der Waals surface area contributed by atoms with Crippen LogP contribution >= 0.6 is 0 Å². The smallest absolute Gasteiger partial charge is 0.244 e. The second-order valence-electron chi connectivity index (χ2n) is 7.05. The van der Waals surface area contributed by atoms with Crippen molar-refractivity contribution >= 4 is 21.6 Å². The Labute approximate surface area is 173 Å². The van der Waals surface area contributed by atoms with E-state index in [4.69, 9.17) is 4.74 Å². The first kappa shape index (κ1) is 22.7. The summed E-state index contributed by atoms with van der Waals surface area (Å²) in [4.78, 5) is 13.0. The van der Waals surface area contributed by atoms with Gasteiger partial charge in [-0.25, -0.2) is 8.42 Å². The van der Waals surface area contributed by atoms with Crippen LogP contribution in [0.4, 0.5) is 5.69 Å². The SMILES string of the molecule is CCOc1ccc(N([C@H](CC)C(=O)N[C@@H](C)c2ccc(C)cc2)S(C)(=O)=O)cc1. The Morgan fingerprint density at radius 3 is 2.14 bits per heavy atom. The first-order chi connectivity index (χ1) is 13.7. The van der Waals surface area contributed by atoms with Gasteiger partial charge in [0, 0.05) is 0 Å². The van der Waals surface area contributed by atoms with Gasteiger partial charge in [0.1, 0.15) is 11.8 Å². The van der Waals surface area contributed by atoms with Gasteiger partial charge in [0.05, 0.1) is 24.6 Å². The molecule has 2 atom stereocenters. The third kappa shape index (κ3) is 5.97. The van der Waals surface area contributed by atoms with Crippen LogP contribution in [0.3, 0.4) is 0 Å². The van der Waals surface area contributed by atoms with Crippen LogP contribution in [0.2, 0.25) is 0 Å². The molecule has 0 aliphatic rings. The number of sulfonamides is 1. The van der Waals surface area contributed by atoms with Crippen molar-refractivity contribution in [3.05, 3.63) is 59.7 Å². The highest BCUT2D eigenvalue weighted by molar-refractivity contribution is 7.92. The minimum Gasteiger partial charge on any atom is -0.494 e. The van der Waals surface area contributed by atoms with Gasteiger partial charge in [-0.15, -0.1) is 0 Å². The van der Waals surface area contributed by atoms with E-state index in [1.54, 1.807) is 31.2 Å². The topological polar surface area (TPSA) is 75.7 Å². The van der Waals surface area contributed by atoms with E-state index >= 15 is 0 Å². The van der Waals surface area contributed by atoms with Crippen LogP contribution < -0.4 is 14.4 Å². The molecule has 0 unspecified atom stereocenters. The average Bonchev–Trinajstić information content (AvgIpc) is 2.66. The van der Waals surface area contributed by atoms with Crippen LogP contribution in [0.5, 0.6) is 5.75 Å². The van der Waals surface area contributed by atoms with Gasteiger partial charge < -0.3 is 10.1 Å². The molecule has 0 saturated carbocycles. The number of rotatable bonds is 9. The zero-order valence-corrected chi connectivity index (χ0v) is 18.5. The first-order valence-electron chi connectivity index (χ1n) is 9.76. The molecule has 29 heavy (non-hydrogen) atoms. The fourth-order valence-electron chi connectivity index (χ4n) is 3.16. The lowest BCUT2D eigenvalue weighted by Crippen LogP contribution is -2.49. The van der Waals surface area contributed by atoms with E-state index < -0.39 is 16.1 Å². The molecule has 7 heteroatoms. The molecule has 2 aromatic carbocycles. The molecule has 2 aromatic rings. The molecule has 0 fully saturated rings. The molecule has 1 N–H and O–H groups in total. The van der Waals surface area contributed by atoms with E-state index in [0.717, 1.165) is 17.4 Å². The highest BCUT2D eigenvalue weighted by atomic mass is 32.2. The molecule has 0 heterocycles. The maximum absolute atomic E-state index is 13.0. The second-order valence-corrected chi connectivity index (χ2v) is 8.91. The predicted octanol–water partition coefficient (Wildman–Crippen LogP) is 3.82. The molecule has 0 saturated heterocycles. The molecule has 0 aliphatic carbocycles. The van der Waals surface area contributed by atoms with Crippen molar-refractivity contribution in [2.24, 2.45) is 0 Å². The molecule has 158 valence electrons. The Kier molecular flexibility index (Phi) is 7.67. The molecular formula is C22H30N2O4S. The number of ether oxygens (including phenoxy) is 1. The second kappa shape index (κ2) is 9.78. The Hall–Kier alpha value is -2.54. The third-order valence-corrected chi connectivity index (χ3v) is 5.85.